The molecule has 0 spiro atoms. The maximum absolute atomic E-state index is 10.3. The molecule has 5 N–H and O–H groups in total. The molecule has 0 saturated heterocycles. The molecular weight excluding hydrogens is 360 g/mol. The van der Waals surface area contributed by atoms with Crippen molar-refractivity contribution in [3.05, 3.63) is 47.5 Å². The zero-order valence-electron chi connectivity index (χ0n) is 14.4. The van der Waals surface area contributed by atoms with Crippen molar-refractivity contribution in [1.82, 2.24) is 0 Å². The molecular formula is C18H18O9. The third-order valence-corrected chi connectivity index (χ3v) is 3.17. The number of aliphatic carboxylic acids is 1. The smallest absolute Gasteiger partial charge is 0.339 e. The summed E-state index contributed by atoms with van der Waals surface area (Å²) < 4.78 is 9.85. The van der Waals surface area contributed by atoms with E-state index in [1.165, 1.54) is 50.6 Å². The highest BCUT2D eigenvalue weighted by molar-refractivity contribution is 5.91. The number of carboxylic acids is 2. The van der Waals surface area contributed by atoms with Gasteiger partial charge in [0.05, 0.1) is 14.2 Å². The van der Waals surface area contributed by atoms with Crippen molar-refractivity contribution in [2.75, 3.05) is 14.2 Å². The molecule has 0 aliphatic rings. The Hall–Kier alpha value is -3.88. The Morgan fingerprint density at radius 2 is 1.48 bits per heavy atom. The number of rotatable bonds is 5. The van der Waals surface area contributed by atoms with E-state index in [9.17, 15) is 14.7 Å². The monoisotopic (exact) mass is 378 g/mol. The summed E-state index contributed by atoms with van der Waals surface area (Å²) in [6, 6.07) is 6.78. The summed E-state index contributed by atoms with van der Waals surface area (Å²) in [6.07, 6.45) is 2.37. The van der Waals surface area contributed by atoms with Gasteiger partial charge in [0.15, 0.2) is 23.0 Å². The number of ether oxygens (including phenoxy) is 2. The molecule has 0 amide bonds. The number of carboxylic acid groups (broad SMARTS) is 2. The standard InChI is InChI=1S/C11H12O5.C7H6O4/c1-15-8-5-7(3-4-10(12)13)6-9(16-2)11(8)14;8-5-3-1-2-4(6(5)9)7(10)11/h3-6,14H,1-2H3,(H,12,13);1-3,8-9H,(H,10,11)/b4-3+;. The number of methoxy groups -OCH3 is 2. The molecule has 0 aliphatic heterocycles. The van der Waals surface area contributed by atoms with E-state index in [1.54, 1.807) is 0 Å². The molecule has 0 radical (unpaired) electrons. The van der Waals surface area contributed by atoms with Crippen molar-refractivity contribution in [1.29, 1.82) is 0 Å². The van der Waals surface area contributed by atoms with Crippen LogP contribution in [0.5, 0.6) is 28.7 Å². The third-order valence-electron chi connectivity index (χ3n) is 3.17. The largest absolute Gasteiger partial charge is 0.504 e. The van der Waals surface area contributed by atoms with Gasteiger partial charge in [-0.25, -0.2) is 9.59 Å². The fourth-order valence-electron chi connectivity index (χ4n) is 1.88. The Morgan fingerprint density at radius 1 is 0.926 bits per heavy atom. The van der Waals surface area contributed by atoms with E-state index < -0.39 is 23.4 Å². The molecule has 0 fully saturated rings. The maximum Gasteiger partial charge on any atom is 0.339 e. The van der Waals surface area contributed by atoms with Gasteiger partial charge in [0.25, 0.3) is 0 Å². The molecule has 9 nitrogen and oxygen atoms in total. The number of para-hydroxylation sites is 1. The van der Waals surface area contributed by atoms with Crippen molar-refractivity contribution in [2.45, 2.75) is 0 Å². The first kappa shape index (κ1) is 21.2. The van der Waals surface area contributed by atoms with Crippen LogP contribution < -0.4 is 9.47 Å². The molecule has 2 aromatic carbocycles. The molecule has 144 valence electrons. The van der Waals surface area contributed by atoms with Crippen molar-refractivity contribution in [2.24, 2.45) is 0 Å². The second-order valence-electron chi connectivity index (χ2n) is 4.92. The topological polar surface area (TPSA) is 154 Å². The van der Waals surface area contributed by atoms with Crippen LogP contribution in [0.4, 0.5) is 0 Å². The molecule has 9 heteroatoms. The van der Waals surface area contributed by atoms with Crippen molar-refractivity contribution in [3.8, 4) is 28.7 Å². The van der Waals surface area contributed by atoms with Crippen LogP contribution in [0.15, 0.2) is 36.4 Å². The van der Waals surface area contributed by atoms with Gasteiger partial charge in [0.1, 0.15) is 5.56 Å². The lowest BCUT2D eigenvalue weighted by Crippen LogP contribution is -1.95. The molecule has 0 unspecified atom stereocenters. The highest BCUT2D eigenvalue weighted by Gasteiger charge is 2.11. The number of aromatic carboxylic acids is 1. The van der Waals surface area contributed by atoms with Crippen molar-refractivity contribution < 1.29 is 44.6 Å². The first-order valence-electron chi connectivity index (χ1n) is 7.31. The van der Waals surface area contributed by atoms with Gasteiger partial charge in [-0.3, -0.25) is 0 Å². The molecule has 0 atom stereocenters. The first-order valence-corrected chi connectivity index (χ1v) is 7.31. The minimum atomic E-state index is -1.27. The Bertz CT molecular complexity index is 831. The normalized spacial score (nSPS) is 10.0. The first-order chi connectivity index (χ1) is 12.7. The molecule has 0 saturated carbocycles. The summed E-state index contributed by atoms with van der Waals surface area (Å²) in [7, 11) is 2.80. The predicted molar refractivity (Wildman–Crippen MR) is 94.6 cm³/mol. The van der Waals surface area contributed by atoms with Gasteiger partial charge >= 0.3 is 11.9 Å². The van der Waals surface area contributed by atoms with Crippen LogP contribution in [0, 0.1) is 0 Å². The van der Waals surface area contributed by atoms with E-state index in [2.05, 4.69) is 0 Å². The molecule has 0 bridgehead atoms. The highest BCUT2D eigenvalue weighted by atomic mass is 16.5. The van der Waals surface area contributed by atoms with Gasteiger partial charge < -0.3 is 35.0 Å². The molecule has 0 aromatic heterocycles. The van der Waals surface area contributed by atoms with Gasteiger partial charge in [0.2, 0.25) is 5.75 Å². The van der Waals surface area contributed by atoms with E-state index in [1.807, 2.05) is 0 Å². The lowest BCUT2D eigenvalue weighted by Gasteiger charge is -2.09. The third kappa shape index (κ3) is 5.85. The lowest BCUT2D eigenvalue weighted by atomic mass is 10.1. The van der Waals surface area contributed by atoms with Gasteiger partial charge in [-0.1, -0.05) is 6.07 Å². The van der Waals surface area contributed by atoms with Crippen LogP contribution >= 0.6 is 0 Å². The van der Waals surface area contributed by atoms with Crippen LogP contribution in [0.3, 0.4) is 0 Å². The summed E-state index contributed by atoms with van der Waals surface area (Å²) >= 11 is 0. The quantitative estimate of drug-likeness (QED) is 0.389. The summed E-state index contributed by atoms with van der Waals surface area (Å²) in [5, 5.41) is 44.3. The van der Waals surface area contributed by atoms with E-state index >= 15 is 0 Å². The summed E-state index contributed by atoms with van der Waals surface area (Å²) in [5.41, 5.74) is 0.263. The Kier molecular flexibility index (Phi) is 7.50. The Balaban J connectivity index is 0.000000289. The fraction of sp³-hybridized carbons (Fsp3) is 0.111. The van der Waals surface area contributed by atoms with Gasteiger partial charge in [-0.05, 0) is 35.9 Å². The predicted octanol–water partition coefficient (Wildman–Crippen LogP) is 2.30. The highest BCUT2D eigenvalue weighted by Crippen LogP contribution is 2.37. The number of aromatic hydroxyl groups is 3. The fourth-order valence-corrected chi connectivity index (χ4v) is 1.88. The number of carbonyl (C=O) groups is 2. The summed E-state index contributed by atoms with van der Waals surface area (Å²) in [4.78, 5) is 20.7. The zero-order valence-corrected chi connectivity index (χ0v) is 14.4. The number of hydrogen-bond donors (Lipinski definition) is 5. The van der Waals surface area contributed by atoms with Gasteiger partial charge in [-0.15, -0.1) is 0 Å². The van der Waals surface area contributed by atoms with E-state index in [0.29, 0.717) is 5.56 Å². The molecule has 27 heavy (non-hydrogen) atoms. The second kappa shape index (κ2) is 9.56. The van der Waals surface area contributed by atoms with Crippen molar-refractivity contribution in [3.63, 3.8) is 0 Å². The number of phenolic OH excluding ortho intramolecular Hbond substituents is 2. The van der Waals surface area contributed by atoms with Crippen LogP contribution in [-0.4, -0.2) is 51.7 Å². The minimum absolute atomic E-state index is 0.113. The van der Waals surface area contributed by atoms with E-state index in [0.717, 1.165) is 6.08 Å². The maximum atomic E-state index is 10.3. The summed E-state index contributed by atoms with van der Waals surface area (Å²) in [6.45, 7) is 0. The molecule has 2 rings (SSSR count). The molecule has 0 aliphatic carbocycles. The van der Waals surface area contributed by atoms with Crippen LogP contribution in [-0.2, 0) is 4.79 Å². The average molecular weight is 378 g/mol. The van der Waals surface area contributed by atoms with Crippen LogP contribution in [0.2, 0.25) is 0 Å². The second-order valence-corrected chi connectivity index (χ2v) is 4.92. The van der Waals surface area contributed by atoms with E-state index in [-0.39, 0.29) is 22.8 Å². The van der Waals surface area contributed by atoms with E-state index in [4.69, 9.17) is 29.9 Å². The van der Waals surface area contributed by atoms with Crippen LogP contribution in [0.1, 0.15) is 15.9 Å². The summed E-state index contributed by atoms with van der Waals surface area (Å²) in [5.74, 6) is -3.00. The number of benzene rings is 2. The number of hydrogen-bond acceptors (Lipinski definition) is 7. The Labute approximate surface area is 154 Å². The van der Waals surface area contributed by atoms with Gasteiger partial charge in [-0.2, -0.15) is 0 Å². The SMILES string of the molecule is COc1cc(/C=C/C(=O)O)cc(OC)c1O.O=C(O)c1cccc(O)c1O. The van der Waals surface area contributed by atoms with Crippen LogP contribution in [0.25, 0.3) is 6.08 Å². The van der Waals surface area contributed by atoms with Gasteiger partial charge in [0, 0.05) is 6.08 Å². The Morgan fingerprint density at radius 3 is 1.89 bits per heavy atom. The number of phenols is 3. The average Bonchev–Trinajstić information content (AvgIpc) is 2.63. The molecule has 2 aromatic rings. The van der Waals surface area contributed by atoms with Crippen molar-refractivity contribution >= 4 is 18.0 Å². The molecule has 0 heterocycles. The lowest BCUT2D eigenvalue weighted by molar-refractivity contribution is -0.131. The zero-order chi connectivity index (χ0) is 20.6. The minimum Gasteiger partial charge on any atom is -0.504 e.